The number of fused-ring (bicyclic) bond motifs is 1. The van der Waals surface area contributed by atoms with Crippen molar-refractivity contribution in [3.8, 4) is 22.5 Å². The molecule has 30 heavy (non-hydrogen) atoms. The van der Waals surface area contributed by atoms with Crippen LogP contribution in [-0.4, -0.2) is 25.9 Å². The Hall–Kier alpha value is -3.99. The van der Waals surface area contributed by atoms with Crippen molar-refractivity contribution in [3.05, 3.63) is 95.8 Å². The maximum atomic E-state index is 12.9. The Morgan fingerprint density at radius 1 is 0.933 bits per heavy atom. The molecule has 0 radical (unpaired) electrons. The Balaban J connectivity index is 1.40. The highest BCUT2D eigenvalue weighted by Gasteiger charge is 2.17. The number of hydrogen-bond donors (Lipinski definition) is 2. The second kappa shape index (κ2) is 7.44. The normalized spacial score (nSPS) is 11.1. The Kier molecular flexibility index (Phi) is 4.48. The zero-order valence-electron chi connectivity index (χ0n) is 16.5. The van der Waals surface area contributed by atoms with Crippen LogP contribution in [0, 0.1) is 6.92 Å². The van der Waals surface area contributed by atoms with Gasteiger partial charge in [0, 0.05) is 34.8 Å². The monoisotopic (exact) mass is 392 g/mol. The van der Waals surface area contributed by atoms with E-state index in [1.54, 1.807) is 6.20 Å². The van der Waals surface area contributed by atoms with Gasteiger partial charge in [-0.1, -0.05) is 60.7 Å². The van der Waals surface area contributed by atoms with Crippen molar-refractivity contribution in [2.24, 2.45) is 0 Å². The van der Waals surface area contributed by atoms with Crippen LogP contribution in [0.1, 0.15) is 21.6 Å². The van der Waals surface area contributed by atoms with Gasteiger partial charge in [0.1, 0.15) is 11.3 Å². The average Bonchev–Trinajstić information content (AvgIpc) is 3.38. The van der Waals surface area contributed by atoms with Gasteiger partial charge in [-0.2, -0.15) is 5.10 Å². The summed E-state index contributed by atoms with van der Waals surface area (Å²) >= 11 is 0. The molecule has 146 valence electrons. The van der Waals surface area contributed by atoms with Crippen LogP contribution in [0.25, 0.3) is 33.5 Å². The number of nitrogens with zero attached hydrogens (tertiary/aromatic N) is 2. The molecule has 0 saturated carbocycles. The maximum Gasteiger partial charge on any atom is 0.185 e. The lowest BCUT2D eigenvalue weighted by Gasteiger charge is -2.02. The van der Waals surface area contributed by atoms with E-state index in [4.69, 9.17) is 0 Å². The fraction of sp³-hybridized carbons (Fsp3) is 0.0800. The highest BCUT2D eigenvalue weighted by Crippen LogP contribution is 2.25. The molecule has 0 amide bonds. The number of rotatable bonds is 5. The van der Waals surface area contributed by atoms with Crippen LogP contribution in [0.2, 0.25) is 0 Å². The van der Waals surface area contributed by atoms with E-state index in [0.717, 1.165) is 44.7 Å². The van der Waals surface area contributed by atoms with E-state index in [1.165, 1.54) is 0 Å². The molecule has 0 fully saturated rings. The van der Waals surface area contributed by atoms with Gasteiger partial charge in [0.15, 0.2) is 5.78 Å². The number of carbonyl (C=O) groups is 1. The van der Waals surface area contributed by atoms with Crippen molar-refractivity contribution in [1.29, 1.82) is 0 Å². The van der Waals surface area contributed by atoms with Crippen LogP contribution in [0.3, 0.4) is 0 Å². The number of H-pyrrole nitrogens is 2. The minimum Gasteiger partial charge on any atom is -0.339 e. The minimum absolute atomic E-state index is 0.00199. The summed E-state index contributed by atoms with van der Waals surface area (Å²) in [5.41, 5.74) is 7.03. The van der Waals surface area contributed by atoms with Gasteiger partial charge in [-0.25, -0.2) is 4.98 Å². The van der Waals surface area contributed by atoms with Gasteiger partial charge >= 0.3 is 0 Å². The van der Waals surface area contributed by atoms with Crippen molar-refractivity contribution in [2.45, 2.75) is 13.3 Å². The number of aromatic amines is 2. The molecule has 2 aromatic carbocycles. The third-order valence-corrected chi connectivity index (χ3v) is 5.31. The van der Waals surface area contributed by atoms with Crippen LogP contribution in [0.4, 0.5) is 0 Å². The van der Waals surface area contributed by atoms with E-state index in [1.807, 2.05) is 61.5 Å². The molecule has 0 atom stereocenters. The highest BCUT2D eigenvalue weighted by molar-refractivity contribution is 5.98. The predicted octanol–water partition coefficient (Wildman–Crippen LogP) is 5.35. The number of pyridine rings is 1. The van der Waals surface area contributed by atoms with Crippen LogP contribution in [-0.2, 0) is 6.42 Å². The van der Waals surface area contributed by atoms with Crippen LogP contribution in [0.5, 0.6) is 0 Å². The third kappa shape index (κ3) is 3.31. The smallest absolute Gasteiger partial charge is 0.185 e. The molecule has 0 aliphatic carbocycles. The van der Waals surface area contributed by atoms with Crippen molar-refractivity contribution < 1.29 is 4.79 Å². The fourth-order valence-corrected chi connectivity index (χ4v) is 3.75. The second-order valence-corrected chi connectivity index (χ2v) is 7.37. The van der Waals surface area contributed by atoms with Crippen molar-refractivity contribution in [1.82, 2.24) is 20.2 Å². The minimum atomic E-state index is 0.00199. The van der Waals surface area contributed by atoms with Crippen molar-refractivity contribution in [3.63, 3.8) is 0 Å². The Morgan fingerprint density at radius 2 is 1.63 bits per heavy atom. The standard InChI is InChI=1S/C25H20N4O/c1-16-23(19-10-6-3-7-11-19)28-29-24(16)22(30)13-17-12-20-14-21(27-25(20)26-15-17)18-8-4-2-5-9-18/h2-12,14-15H,13H2,1H3,(H,26,27)(H,28,29). The Labute approximate surface area is 173 Å². The molecule has 0 saturated heterocycles. The van der Waals surface area contributed by atoms with E-state index in [9.17, 15) is 4.79 Å². The summed E-state index contributed by atoms with van der Waals surface area (Å²) in [5.74, 6) is 0.00199. The van der Waals surface area contributed by atoms with E-state index in [-0.39, 0.29) is 12.2 Å². The van der Waals surface area contributed by atoms with Crippen LogP contribution in [0.15, 0.2) is 79.0 Å². The number of nitrogens with one attached hydrogen (secondary N) is 2. The van der Waals surface area contributed by atoms with E-state index in [2.05, 4.69) is 38.4 Å². The summed E-state index contributed by atoms with van der Waals surface area (Å²) in [6.07, 6.45) is 2.03. The molecule has 0 spiro atoms. The highest BCUT2D eigenvalue weighted by atomic mass is 16.1. The first-order chi connectivity index (χ1) is 14.7. The molecule has 0 unspecified atom stereocenters. The molecule has 0 aliphatic rings. The van der Waals surface area contributed by atoms with Gasteiger partial charge in [0.2, 0.25) is 0 Å². The number of carbonyl (C=O) groups excluding carboxylic acids is 1. The fourth-order valence-electron chi connectivity index (χ4n) is 3.75. The first-order valence-corrected chi connectivity index (χ1v) is 9.85. The molecule has 5 aromatic rings. The summed E-state index contributed by atoms with van der Waals surface area (Å²) in [4.78, 5) is 20.8. The van der Waals surface area contributed by atoms with Gasteiger partial charge in [0.05, 0.1) is 5.69 Å². The van der Waals surface area contributed by atoms with E-state index in [0.29, 0.717) is 5.69 Å². The van der Waals surface area contributed by atoms with Gasteiger partial charge in [0.25, 0.3) is 0 Å². The number of Topliss-reactive ketones (excluding diaryl/α,β-unsaturated/α-hetero) is 1. The summed E-state index contributed by atoms with van der Waals surface area (Å²) in [7, 11) is 0. The third-order valence-electron chi connectivity index (χ3n) is 5.31. The Morgan fingerprint density at radius 3 is 2.37 bits per heavy atom. The topological polar surface area (TPSA) is 74.4 Å². The second-order valence-electron chi connectivity index (χ2n) is 7.37. The maximum absolute atomic E-state index is 12.9. The molecular weight excluding hydrogens is 372 g/mol. The molecule has 5 nitrogen and oxygen atoms in total. The molecule has 3 heterocycles. The summed E-state index contributed by atoms with van der Waals surface area (Å²) < 4.78 is 0. The largest absolute Gasteiger partial charge is 0.339 e. The van der Waals surface area contributed by atoms with Crippen molar-refractivity contribution >= 4 is 16.8 Å². The van der Waals surface area contributed by atoms with Gasteiger partial charge in [-0.05, 0) is 30.2 Å². The summed E-state index contributed by atoms with van der Waals surface area (Å²) in [6.45, 7) is 1.93. The lowest BCUT2D eigenvalue weighted by molar-refractivity contribution is 0.0987. The molecule has 5 rings (SSSR count). The zero-order valence-corrected chi connectivity index (χ0v) is 16.5. The lowest BCUT2D eigenvalue weighted by Crippen LogP contribution is -2.06. The molecular formula is C25H20N4O. The van der Waals surface area contributed by atoms with Gasteiger partial charge < -0.3 is 4.98 Å². The SMILES string of the molecule is Cc1c(-c2ccccc2)n[nH]c1C(=O)Cc1cnc2[nH]c(-c3ccccc3)cc2c1. The number of benzene rings is 2. The Bertz CT molecular complexity index is 1330. The lowest BCUT2D eigenvalue weighted by atomic mass is 10.0. The molecule has 2 N–H and O–H groups in total. The quantitative estimate of drug-likeness (QED) is 0.396. The van der Waals surface area contributed by atoms with E-state index >= 15 is 0 Å². The first-order valence-electron chi connectivity index (χ1n) is 9.85. The summed E-state index contributed by atoms with van der Waals surface area (Å²) in [6, 6.07) is 24.1. The summed E-state index contributed by atoms with van der Waals surface area (Å²) in [5, 5.41) is 8.29. The number of ketones is 1. The molecule has 3 aromatic heterocycles. The molecule has 5 heteroatoms. The van der Waals surface area contributed by atoms with Gasteiger partial charge in [-0.15, -0.1) is 0 Å². The van der Waals surface area contributed by atoms with Gasteiger partial charge in [-0.3, -0.25) is 9.89 Å². The van der Waals surface area contributed by atoms with Crippen molar-refractivity contribution in [2.75, 3.05) is 0 Å². The van der Waals surface area contributed by atoms with Crippen LogP contribution >= 0.6 is 0 Å². The van der Waals surface area contributed by atoms with E-state index < -0.39 is 0 Å². The predicted molar refractivity (Wildman–Crippen MR) is 118 cm³/mol. The van der Waals surface area contributed by atoms with Crippen LogP contribution < -0.4 is 0 Å². The average molecular weight is 392 g/mol. The number of hydrogen-bond acceptors (Lipinski definition) is 3. The number of aromatic nitrogens is 4. The molecule has 0 bridgehead atoms. The first kappa shape index (κ1) is 18.1. The zero-order chi connectivity index (χ0) is 20.5. The molecule has 0 aliphatic heterocycles.